The minimum Gasteiger partial charge on any atom is -0.467 e. The van der Waals surface area contributed by atoms with Crippen LogP contribution >= 0.6 is 0 Å². The fraction of sp³-hybridized carbons (Fsp3) is 0.231. The smallest absolute Gasteiger partial charge is 0.339 e. The first-order chi connectivity index (χ1) is 9.04. The highest BCUT2D eigenvalue weighted by molar-refractivity contribution is 5.76. The third kappa shape index (κ3) is 2.43. The first kappa shape index (κ1) is 13.1. The zero-order valence-electron chi connectivity index (χ0n) is 10.6. The van der Waals surface area contributed by atoms with Crippen molar-refractivity contribution in [3.8, 4) is 5.69 Å². The second kappa shape index (κ2) is 5.11. The first-order valence-corrected chi connectivity index (χ1v) is 5.68. The molecular formula is C13H14N2O4. The highest BCUT2D eigenvalue weighted by Crippen LogP contribution is 2.17. The van der Waals surface area contributed by atoms with Crippen LogP contribution in [0.25, 0.3) is 5.69 Å². The SMILES string of the molecule is COC(=O)C(O)c1ccc(-n2c(C)c[nH]c2=O)cc1. The summed E-state index contributed by atoms with van der Waals surface area (Å²) in [5.41, 5.74) is 1.60. The lowest BCUT2D eigenvalue weighted by Gasteiger charge is -2.10. The predicted octanol–water partition coefficient (Wildman–Crippen LogP) is 0.680. The van der Waals surface area contributed by atoms with E-state index in [0.717, 1.165) is 5.69 Å². The molecule has 0 aliphatic rings. The molecule has 1 unspecified atom stereocenters. The van der Waals surface area contributed by atoms with Crippen molar-refractivity contribution in [1.82, 2.24) is 9.55 Å². The van der Waals surface area contributed by atoms with Gasteiger partial charge in [-0.1, -0.05) is 12.1 Å². The Kier molecular flexibility index (Phi) is 3.52. The van der Waals surface area contributed by atoms with Crippen molar-refractivity contribution in [2.24, 2.45) is 0 Å². The van der Waals surface area contributed by atoms with Crippen LogP contribution in [0.1, 0.15) is 17.4 Å². The third-order valence-electron chi connectivity index (χ3n) is 2.85. The summed E-state index contributed by atoms with van der Waals surface area (Å²) >= 11 is 0. The Morgan fingerprint density at radius 1 is 1.37 bits per heavy atom. The van der Waals surface area contributed by atoms with E-state index in [1.165, 1.54) is 11.7 Å². The maximum atomic E-state index is 11.6. The molecule has 6 heteroatoms. The van der Waals surface area contributed by atoms with E-state index in [9.17, 15) is 14.7 Å². The van der Waals surface area contributed by atoms with E-state index >= 15 is 0 Å². The van der Waals surface area contributed by atoms with Crippen LogP contribution in [0.4, 0.5) is 0 Å². The molecule has 0 fully saturated rings. The van der Waals surface area contributed by atoms with E-state index in [1.807, 2.05) is 0 Å². The number of carbonyl (C=O) groups excluding carboxylic acids is 1. The Balaban J connectivity index is 2.34. The summed E-state index contributed by atoms with van der Waals surface area (Å²) in [6, 6.07) is 6.47. The Morgan fingerprint density at radius 3 is 2.47 bits per heavy atom. The number of methoxy groups -OCH3 is 1. The van der Waals surface area contributed by atoms with Crippen molar-refractivity contribution in [1.29, 1.82) is 0 Å². The summed E-state index contributed by atoms with van der Waals surface area (Å²) < 4.78 is 5.95. The van der Waals surface area contributed by atoms with Gasteiger partial charge < -0.3 is 14.8 Å². The number of benzene rings is 1. The van der Waals surface area contributed by atoms with E-state index in [4.69, 9.17) is 0 Å². The largest absolute Gasteiger partial charge is 0.467 e. The van der Waals surface area contributed by atoms with Crippen LogP contribution < -0.4 is 5.69 Å². The number of hydrogen-bond donors (Lipinski definition) is 2. The van der Waals surface area contributed by atoms with Crippen molar-refractivity contribution in [3.05, 3.63) is 52.2 Å². The molecule has 1 aromatic carbocycles. The lowest BCUT2D eigenvalue weighted by Crippen LogP contribution is -2.16. The number of nitrogens with one attached hydrogen (secondary N) is 1. The van der Waals surface area contributed by atoms with Gasteiger partial charge in [0.25, 0.3) is 0 Å². The van der Waals surface area contributed by atoms with Crippen molar-refractivity contribution >= 4 is 5.97 Å². The standard InChI is InChI=1S/C13H14N2O4/c1-8-7-14-13(18)15(8)10-5-3-9(4-6-10)11(16)12(17)19-2/h3-7,11,16H,1-2H3,(H,14,18). The Labute approximate surface area is 109 Å². The van der Waals surface area contributed by atoms with Crippen molar-refractivity contribution < 1.29 is 14.6 Å². The van der Waals surface area contributed by atoms with Gasteiger partial charge in [0.1, 0.15) is 0 Å². The van der Waals surface area contributed by atoms with Gasteiger partial charge in [-0.25, -0.2) is 9.59 Å². The maximum Gasteiger partial charge on any atom is 0.339 e. The molecule has 6 nitrogen and oxygen atoms in total. The topological polar surface area (TPSA) is 84.3 Å². The lowest BCUT2D eigenvalue weighted by atomic mass is 10.1. The van der Waals surface area contributed by atoms with Crippen LogP contribution in [0.5, 0.6) is 0 Å². The second-order valence-electron chi connectivity index (χ2n) is 4.09. The number of nitrogens with zero attached hydrogens (tertiary/aromatic N) is 1. The van der Waals surface area contributed by atoms with Crippen molar-refractivity contribution in [2.45, 2.75) is 13.0 Å². The fourth-order valence-electron chi connectivity index (χ4n) is 1.83. The molecule has 0 amide bonds. The Bertz CT molecular complexity index is 639. The van der Waals surface area contributed by atoms with Crippen LogP contribution in [0.15, 0.2) is 35.3 Å². The zero-order valence-corrected chi connectivity index (χ0v) is 10.6. The van der Waals surface area contributed by atoms with Crippen LogP contribution in [-0.4, -0.2) is 27.7 Å². The number of aliphatic hydroxyl groups is 1. The molecule has 2 N–H and O–H groups in total. The number of ether oxygens (including phenoxy) is 1. The van der Waals surface area contributed by atoms with Gasteiger partial charge in [0.15, 0.2) is 6.10 Å². The summed E-state index contributed by atoms with van der Waals surface area (Å²) in [7, 11) is 1.21. The van der Waals surface area contributed by atoms with Crippen LogP contribution in [0.2, 0.25) is 0 Å². The number of aryl methyl sites for hydroxylation is 1. The number of aromatic nitrogens is 2. The molecule has 0 aliphatic carbocycles. The van der Waals surface area contributed by atoms with Gasteiger partial charge in [-0.15, -0.1) is 0 Å². The number of rotatable bonds is 3. The van der Waals surface area contributed by atoms with E-state index < -0.39 is 12.1 Å². The summed E-state index contributed by atoms with van der Waals surface area (Å²) in [4.78, 5) is 25.4. The molecule has 100 valence electrons. The summed E-state index contributed by atoms with van der Waals surface area (Å²) in [5, 5.41) is 9.67. The molecule has 1 aromatic heterocycles. The highest BCUT2D eigenvalue weighted by atomic mass is 16.5. The number of hydrogen-bond acceptors (Lipinski definition) is 4. The quantitative estimate of drug-likeness (QED) is 0.797. The van der Waals surface area contributed by atoms with E-state index in [0.29, 0.717) is 11.3 Å². The van der Waals surface area contributed by atoms with Gasteiger partial charge >= 0.3 is 11.7 Å². The average Bonchev–Trinajstić information content (AvgIpc) is 2.77. The van der Waals surface area contributed by atoms with Crippen LogP contribution in [0.3, 0.4) is 0 Å². The lowest BCUT2D eigenvalue weighted by molar-refractivity contribution is -0.150. The summed E-state index contributed by atoms with van der Waals surface area (Å²) in [6.07, 6.45) is 0.294. The molecule has 0 saturated heterocycles. The number of carbonyl (C=O) groups is 1. The predicted molar refractivity (Wildman–Crippen MR) is 68.1 cm³/mol. The molecule has 0 aliphatic heterocycles. The number of aromatic amines is 1. The molecule has 2 rings (SSSR count). The van der Waals surface area contributed by atoms with Gasteiger partial charge in [0.2, 0.25) is 0 Å². The second-order valence-corrected chi connectivity index (χ2v) is 4.09. The van der Waals surface area contributed by atoms with Gasteiger partial charge in [0.05, 0.1) is 12.8 Å². The molecule has 0 spiro atoms. The normalized spacial score (nSPS) is 12.2. The van der Waals surface area contributed by atoms with Gasteiger partial charge in [-0.3, -0.25) is 4.57 Å². The van der Waals surface area contributed by atoms with Crippen molar-refractivity contribution in [2.75, 3.05) is 7.11 Å². The average molecular weight is 262 g/mol. The number of imidazole rings is 1. The minimum absolute atomic E-state index is 0.237. The molecule has 0 radical (unpaired) electrons. The molecule has 1 atom stereocenters. The minimum atomic E-state index is -1.32. The van der Waals surface area contributed by atoms with Gasteiger partial charge in [-0.05, 0) is 24.6 Å². The molecular weight excluding hydrogens is 248 g/mol. The number of aliphatic hydroxyl groups excluding tert-OH is 1. The van der Waals surface area contributed by atoms with Crippen LogP contribution in [0, 0.1) is 6.92 Å². The summed E-state index contributed by atoms with van der Waals surface area (Å²) in [5.74, 6) is -0.720. The van der Waals surface area contributed by atoms with E-state index in [-0.39, 0.29) is 5.69 Å². The first-order valence-electron chi connectivity index (χ1n) is 5.68. The molecule has 2 aromatic rings. The highest BCUT2D eigenvalue weighted by Gasteiger charge is 2.17. The van der Waals surface area contributed by atoms with E-state index in [2.05, 4.69) is 9.72 Å². The number of esters is 1. The van der Waals surface area contributed by atoms with E-state index in [1.54, 1.807) is 37.4 Å². The Morgan fingerprint density at radius 2 is 2.00 bits per heavy atom. The monoisotopic (exact) mass is 262 g/mol. The van der Waals surface area contributed by atoms with Crippen LogP contribution in [-0.2, 0) is 9.53 Å². The third-order valence-corrected chi connectivity index (χ3v) is 2.85. The molecule has 19 heavy (non-hydrogen) atoms. The summed E-state index contributed by atoms with van der Waals surface area (Å²) in [6.45, 7) is 1.80. The Hall–Kier alpha value is -2.34. The zero-order chi connectivity index (χ0) is 14.0. The number of H-pyrrole nitrogens is 1. The molecule has 0 saturated carbocycles. The maximum absolute atomic E-state index is 11.6. The van der Waals surface area contributed by atoms with Gasteiger partial charge in [-0.2, -0.15) is 0 Å². The molecule has 1 heterocycles. The van der Waals surface area contributed by atoms with Crippen molar-refractivity contribution in [3.63, 3.8) is 0 Å². The van der Waals surface area contributed by atoms with Gasteiger partial charge in [0, 0.05) is 11.9 Å². The fourth-order valence-corrected chi connectivity index (χ4v) is 1.83. The molecule has 0 bridgehead atoms.